The van der Waals surface area contributed by atoms with E-state index >= 15 is 0 Å². The lowest BCUT2D eigenvalue weighted by molar-refractivity contribution is 0.101. The molecule has 9 heteroatoms. The topological polar surface area (TPSA) is 77.1 Å². The molecule has 4 aromatic rings. The fourth-order valence-corrected chi connectivity index (χ4v) is 2.80. The number of alkyl halides is 2. The van der Waals surface area contributed by atoms with E-state index in [9.17, 15) is 13.6 Å². The normalized spacial score (nSPS) is 11.3. The Hall–Kier alpha value is -3.62. The van der Waals surface area contributed by atoms with Gasteiger partial charge in [-0.3, -0.25) is 4.79 Å². The van der Waals surface area contributed by atoms with Crippen molar-refractivity contribution in [3.05, 3.63) is 66.4 Å². The van der Waals surface area contributed by atoms with Crippen molar-refractivity contribution in [2.75, 3.05) is 5.32 Å². The van der Waals surface area contributed by atoms with Crippen molar-refractivity contribution in [2.24, 2.45) is 7.05 Å². The van der Waals surface area contributed by atoms with Crippen LogP contribution in [0.2, 0.25) is 0 Å². The quantitative estimate of drug-likeness (QED) is 0.599. The molecule has 0 saturated heterocycles. The summed E-state index contributed by atoms with van der Waals surface area (Å²) in [5, 5.41) is 10.9. The minimum absolute atomic E-state index is 0.0725. The lowest BCUT2D eigenvalue weighted by Crippen LogP contribution is -2.17. The number of amides is 1. The van der Waals surface area contributed by atoms with Gasteiger partial charge in [0.2, 0.25) is 5.82 Å². The summed E-state index contributed by atoms with van der Waals surface area (Å²) in [6.45, 7) is 0. The zero-order valence-corrected chi connectivity index (χ0v) is 14.2. The molecule has 1 amide bonds. The highest BCUT2D eigenvalue weighted by molar-refractivity contribution is 6.01. The van der Waals surface area contributed by atoms with Crippen LogP contribution < -0.4 is 5.32 Å². The number of fused-ring (bicyclic) bond motifs is 1. The Bertz CT molecular complexity index is 1130. The Morgan fingerprint density at radius 2 is 2.00 bits per heavy atom. The molecule has 0 atom stereocenters. The van der Waals surface area contributed by atoms with E-state index < -0.39 is 12.3 Å². The second kappa shape index (κ2) is 6.60. The number of pyridine rings is 1. The van der Waals surface area contributed by atoms with Crippen molar-refractivity contribution < 1.29 is 13.6 Å². The first kappa shape index (κ1) is 16.8. The van der Waals surface area contributed by atoms with Gasteiger partial charge in [-0.15, -0.1) is 0 Å². The third-order valence-corrected chi connectivity index (χ3v) is 4.10. The molecule has 0 spiro atoms. The van der Waals surface area contributed by atoms with Gasteiger partial charge in [-0.05, 0) is 18.2 Å². The van der Waals surface area contributed by atoms with Crippen molar-refractivity contribution in [3.8, 4) is 11.3 Å². The summed E-state index contributed by atoms with van der Waals surface area (Å²) in [4.78, 5) is 16.1. The lowest BCUT2D eigenvalue weighted by atomic mass is 10.1. The molecule has 3 heterocycles. The zero-order chi connectivity index (χ0) is 19.0. The Labute approximate surface area is 152 Å². The van der Waals surface area contributed by atoms with Crippen LogP contribution in [0.25, 0.3) is 16.8 Å². The van der Waals surface area contributed by atoms with Gasteiger partial charge >= 0.3 is 0 Å². The molecule has 0 aliphatic heterocycles. The van der Waals surface area contributed by atoms with Gasteiger partial charge in [0, 0.05) is 18.2 Å². The largest absolute Gasteiger partial charge is 0.318 e. The Kier molecular flexibility index (Phi) is 4.11. The molecular weight excluding hydrogens is 354 g/mol. The molecule has 1 N–H and O–H groups in total. The second-order valence-corrected chi connectivity index (χ2v) is 5.87. The van der Waals surface area contributed by atoms with E-state index in [1.54, 1.807) is 49.6 Å². The van der Waals surface area contributed by atoms with E-state index in [0.29, 0.717) is 22.5 Å². The summed E-state index contributed by atoms with van der Waals surface area (Å²) in [5.74, 6) is -0.244. The maximum atomic E-state index is 13.2. The fourth-order valence-electron chi connectivity index (χ4n) is 2.80. The third kappa shape index (κ3) is 3.14. The summed E-state index contributed by atoms with van der Waals surface area (Å²) in [5.41, 5.74) is 1.94. The van der Waals surface area contributed by atoms with E-state index in [2.05, 4.69) is 20.5 Å². The average molecular weight is 368 g/mol. The molecule has 0 radical (unpaired) electrons. The van der Waals surface area contributed by atoms with Crippen LogP contribution in [0.4, 0.5) is 14.5 Å². The van der Waals surface area contributed by atoms with Crippen LogP contribution in [0, 0.1) is 0 Å². The smallest absolute Gasteiger partial charge is 0.293 e. The monoisotopic (exact) mass is 368 g/mol. The molecule has 1 aromatic carbocycles. The maximum Gasteiger partial charge on any atom is 0.293 e. The van der Waals surface area contributed by atoms with Gasteiger partial charge in [-0.25, -0.2) is 23.0 Å². The fraction of sp³-hybridized carbons (Fsp3) is 0.111. The van der Waals surface area contributed by atoms with Crippen LogP contribution in [0.3, 0.4) is 0 Å². The molecule has 3 aromatic heterocycles. The van der Waals surface area contributed by atoms with Crippen LogP contribution in [0.5, 0.6) is 0 Å². The first-order valence-electron chi connectivity index (χ1n) is 8.05. The second-order valence-electron chi connectivity index (χ2n) is 5.87. The number of halogens is 2. The molecule has 0 fully saturated rings. The predicted octanol–water partition coefficient (Wildman–Crippen LogP) is 3.32. The first-order valence-corrected chi connectivity index (χ1v) is 8.05. The Balaban J connectivity index is 1.67. The lowest BCUT2D eigenvalue weighted by Gasteiger charge is -2.05. The van der Waals surface area contributed by atoms with Crippen molar-refractivity contribution in [1.82, 2.24) is 24.4 Å². The summed E-state index contributed by atoms with van der Waals surface area (Å²) >= 11 is 0. The number of hydrogen-bond donors (Lipinski definition) is 1. The standard InChI is InChI=1S/C18H14F2N6O/c1-25-17(21-10-22-25)18(27)23-11-6-7-12-8-15(24-26(12)9-11)13-4-2-3-5-14(13)16(19)20/h2-10,16H,1H3,(H,23,27). The number of aromatic nitrogens is 5. The molecule has 7 nitrogen and oxygen atoms in total. The Morgan fingerprint density at radius 1 is 1.19 bits per heavy atom. The van der Waals surface area contributed by atoms with E-state index in [0.717, 1.165) is 0 Å². The molecule has 0 aliphatic rings. The molecule has 27 heavy (non-hydrogen) atoms. The molecule has 0 unspecified atom stereocenters. The number of hydrogen-bond acceptors (Lipinski definition) is 4. The van der Waals surface area contributed by atoms with Crippen molar-refractivity contribution >= 4 is 17.1 Å². The molecule has 0 bridgehead atoms. The van der Waals surface area contributed by atoms with Crippen LogP contribution >= 0.6 is 0 Å². The summed E-state index contributed by atoms with van der Waals surface area (Å²) in [6, 6.07) is 11.4. The van der Waals surface area contributed by atoms with E-state index in [1.165, 1.54) is 21.6 Å². The van der Waals surface area contributed by atoms with E-state index in [1.807, 2.05) is 0 Å². The van der Waals surface area contributed by atoms with E-state index in [4.69, 9.17) is 0 Å². The van der Waals surface area contributed by atoms with E-state index in [-0.39, 0.29) is 11.4 Å². The van der Waals surface area contributed by atoms with Crippen molar-refractivity contribution in [3.63, 3.8) is 0 Å². The van der Waals surface area contributed by atoms with Crippen molar-refractivity contribution in [1.29, 1.82) is 0 Å². The third-order valence-electron chi connectivity index (χ3n) is 4.10. The number of nitrogens with one attached hydrogen (secondary N) is 1. The molecule has 0 aliphatic carbocycles. The number of anilines is 1. The Morgan fingerprint density at radius 3 is 2.74 bits per heavy atom. The molecule has 136 valence electrons. The molecule has 0 saturated carbocycles. The highest BCUT2D eigenvalue weighted by atomic mass is 19.3. The van der Waals surface area contributed by atoms with Gasteiger partial charge in [0.15, 0.2) is 0 Å². The number of rotatable bonds is 4. The number of nitrogens with zero attached hydrogens (tertiary/aromatic N) is 5. The SMILES string of the molecule is Cn1ncnc1C(=O)Nc1ccc2cc(-c3ccccc3C(F)F)nn2c1. The van der Waals surface area contributed by atoms with Crippen molar-refractivity contribution in [2.45, 2.75) is 6.43 Å². The zero-order valence-electron chi connectivity index (χ0n) is 14.2. The van der Waals surface area contributed by atoms with Gasteiger partial charge in [0.05, 0.1) is 23.1 Å². The average Bonchev–Trinajstić information content (AvgIpc) is 3.27. The summed E-state index contributed by atoms with van der Waals surface area (Å²) < 4.78 is 29.4. The van der Waals surface area contributed by atoms with Crippen LogP contribution in [0.1, 0.15) is 22.6 Å². The van der Waals surface area contributed by atoms with Crippen LogP contribution in [0.15, 0.2) is 55.0 Å². The summed E-state index contributed by atoms with van der Waals surface area (Å²) in [6.07, 6.45) is 0.309. The van der Waals surface area contributed by atoms with Crippen LogP contribution in [-0.4, -0.2) is 30.3 Å². The number of carbonyl (C=O) groups excluding carboxylic acids is 1. The first-order chi connectivity index (χ1) is 13.0. The van der Waals surface area contributed by atoms with Gasteiger partial charge in [0.1, 0.15) is 6.33 Å². The minimum Gasteiger partial charge on any atom is -0.318 e. The highest BCUT2D eigenvalue weighted by Gasteiger charge is 2.16. The maximum absolute atomic E-state index is 13.2. The number of benzene rings is 1. The van der Waals surface area contributed by atoms with Crippen LogP contribution in [-0.2, 0) is 7.05 Å². The van der Waals surface area contributed by atoms with Gasteiger partial charge < -0.3 is 5.32 Å². The van der Waals surface area contributed by atoms with Gasteiger partial charge in [-0.2, -0.15) is 10.2 Å². The number of aryl methyl sites for hydroxylation is 1. The molecular formula is C18H14F2N6O. The van der Waals surface area contributed by atoms with Gasteiger partial charge in [0.25, 0.3) is 12.3 Å². The number of carbonyl (C=O) groups is 1. The predicted molar refractivity (Wildman–Crippen MR) is 94.5 cm³/mol. The highest BCUT2D eigenvalue weighted by Crippen LogP contribution is 2.31. The minimum atomic E-state index is -2.59. The van der Waals surface area contributed by atoms with Gasteiger partial charge in [-0.1, -0.05) is 24.3 Å². The summed E-state index contributed by atoms with van der Waals surface area (Å²) in [7, 11) is 1.62. The molecule has 4 rings (SSSR count).